The molecule has 1 unspecified atom stereocenters. The SMILES string of the molecule is Cc1csc(C(=O)N2CCC(Oc3cc(C)n(C)c(=O)c3)C2)c1. The van der Waals surface area contributed by atoms with E-state index in [9.17, 15) is 9.59 Å². The Labute approximate surface area is 139 Å². The zero-order valence-corrected chi connectivity index (χ0v) is 14.4. The van der Waals surface area contributed by atoms with Gasteiger partial charge in [0.1, 0.15) is 11.9 Å². The molecule has 1 aliphatic rings. The van der Waals surface area contributed by atoms with Gasteiger partial charge in [-0.2, -0.15) is 0 Å². The topological polar surface area (TPSA) is 51.5 Å². The molecule has 1 amide bonds. The molecule has 23 heavy (non-hydrogen) atoms. The summed E-state index contributed by atoms with van der Waals surface area (Å²) in [5.41, 5.74) is 1.88. The predicted molar refractivity (Wildman–Crippen MR) is 90.4 cm³/mol. The normalized spacial score (nSPS) is 17.5. The number of nitrogens with zero attached hydrogens (tertiary/aromatic N) is 2. The lowest BCUT2D eigenvalue weighted by molar-refractivity contribution is 0.0777. The molecule has 2 aromatic rings. The summed E-state index contributed by atoms with van der Waals surface area (Å²) in [6.07, 6.45) is 0.719. The van der Waals surface area contributed by atoms with E-state index in [-0.39, 0.29) is 17.6 Å². The molecule has 1 aliphatic heterocycles. The van der Waals surface area contributed by atoms with Gasteiger partial charge >= 0.3 is 0 Å². The standard InChI is InChI=1S/C17H20N2O3S/c1-11-6-15(23-10-11)17(21)19-5-4-13(9-19)22-14-7-12(2)18(3)16(20)8-14/h6-8,10,13H,4-5,9H2,1-3H3. The second-order valence-corrected chi connectivity index (χ2v) is 6.91. The van der Waals surface area contributed by atoms with Crippen LogP contribution < -0.4 is 10.3 Å². The number of pyridine rings is 1. The van der Waals surface area contributed by atoms with Crippen LogP contribution in [0.15, 0.2) is 28.4 Å². The summed E-state index contributed by atoms with van der Waals surface area (Å²) < 4.78 is 7.49. The molecule has 1 fully saturated rings. The van der Waals surface area contributed by atoms with E-state index in [0.717, 1.165) is 22.6 Å². The third-order valence-electron chi connectivity index (χ3n) is 4.15. The second-order valence-electron chi connectivity index (χ2n) is 6.00. The maximum atomic E-state index is 12.4. The molecule has 0 spiro atoms. The molecule has 0 aromatic carbocycles. The fraction of sp³-hybridized carbons (Fsp3) is 0.412. The number of carbonyl (C=O) groups excluding carboxylic acids is 1. The first-order chi connectivity index (χ1) is 10.9. The van der Waals surface area contributed by atoms with E-state index in [1.54, 1.807) is 11.6 Å². The average Bonchev–Trinajstić information content (AvgIpc) is 3.13. The number of aryl methyl sites for hydroxylation is 2. The molecule has 0 N–H and O–H groups in total. The Morgan fingerprint density at radius 2 is 2.09 bits per heavy atom. The molecule has 1 saturated heterocycles. The van der Waals surface area contributed by atoms with Gasteiger partial charge < -0.3 is 14.2 Å². The van der Waals surface area contributed by atoms with Crippen molar-refractivity contribution >= 4 is 17.2 Å². The number of hydrogen-bond donors (Lipinski definition) is 0. The summed E-state index contributed by atoms with van der Waals surface area (Å²) in [4.78, 5) is 26.8. The molecule has 6 heteroatoms. The molecule has 2 aromatic heterocycles. The van der Waals surface area contributed by atoms with Crippen LogP contribution in [0.5, 0.6) is 5.75 Å². The van der Waals surface area contributed by atoms with Gasteiger partial charge in [0.25, 0.3) is 11.5 Å². The van der Waals surface area contributed by atoms with Gasteiger partial charge in [0.15, 0.2) is 0 Å². The summed E-state index contributed by atoms with van der Waals surface area (Å²) >= 11 is 1.48. The molecule has 0 radical (unpaired) electrons. The minimum absolute atomic E-state index is 0.0634. The number of ether oxygens (including phenoxy) is 1. The van der Waals surface area contributed by atoms with Crippen molar-refractivity contribution in [2.45, 2.75) is 26.4 Å². The lowest BCUT2D eigenvalue weighted by Crippen LogP contribution is -2.30. The van der Waals surface area contributed by atoms with Crippen molar-refractivity contribution in [1.29, 1.82) is 0 Å². The number of rotatable bonds is 3. The van der Waals surface area contributed by atoms with Crippen LogP contribution in [-0.2, 0) is 7.05 Å². The maximum Gasteiger partial charge on any atom is 0.264 e. The maximum absolute atomic E-state index is 12.4. The monoisotopic (exact) mass is 332 g/mol. The molecule has 0 bridgehead atoms. The van der Waals surface area contributed by atoms with E-state index in [0.29, 0.717) is 18.8 Å². The Morgan fingerprint density at radius 3 is 2.74 bits per heavy atom. The van der Waals surface area contributed by atoms with E-state index < -0.39 is 0 Å². The quantitative estimate of drug-likeness (QED) is 0.867. The Balaban J connectivity index is 1.66. The van der Waals surface area contributed by atoms with Crippen LogP contribution in [0.1, 0.15) is 27.3 Å². The summed E-state index contributed by atoms with van der Waals surface area (Å²) in [6, 6.07) is 5.28. The zero-order valence-electron chi connectivity index (χ0n) is 13.5. The Bertz CT molecular complexity index is 793. The molecular weight excluding hydrogens is 312 g/mol. The number of hydrogen-bond acceptors (Lipinski definition) is 4. The highest BCUT2D eigenvalue weighted by molar-refractivity contribution is 7.12. The Morgan fingerprint density at radius 1 is 1.30 bits per heavy atom. The van der Waals surface area contributed by atoms with Crippen molar-refractivity contribution in [3.8, 4) is 5.75 Å². The van der Waals surface area contributed by atoms with Gasteiger partial charge in [0, 0.05) is 31.8 Å². The van der Waals surface area contributed by atoms with Crippen molar-refractivity contribution in [2.75, 3.05) is 13.1 Å². The molecule has 122 valence electrons. The van der Waals surface area contributed by atoms with Crippen LogP contribution >= 0.6 is 11.3 Å². The first-order valence-corrected chi connectivity index (χ1v) is 8.51. The van der Waals surface area contributed by atoms with Gasteiger partial charge in [-0.25, -0.2) is 0 Å². The van der Waals surface area contributed by atoms with E-state index >= 15 is 0 Å². The first-order valence-electron chi connectivity index (χ1n) is 7.63. The summed E-state index contributed by atoms with van der Waals surface area (Å²) in [5.74, 6) is 0.645. The summed E-state index contributed by atoms with van der Waals surface area (Å²) in [7, 11) is 1.74. The Kier molecular flexibility index (Phi) is 4.26. The minimum Gasteiger partial charge on any atom is -0.488 e. The van der Waals surface area contributed by atoms with Crippen molar-refractivity contribution in [3.05, 3.63) is 50.1 Å². The van der Waals surface area contributed by atoms with Crippen molar-refractivity contribution < 1.29 is 9.53 Å². The van der Waals surface area contributed by atoms with E-state index in [2.05, 4.69) is 0 Å². The van der Waals surface area contributed by atoms with Gasteiger partial charge in [-0.3, -0.25) is 9.59 Å². The van der Waals surface area contributed by atoms with Gasteiger partial charge in [0.2, 0.25) is 0 Å². The van der Waals surface area contributed by atoms with E-state index in [4.69, 9.17) is 4.74 Å². The average molecular weight is 332 g/mol. The Hall–Kier alpha value is -2.08. The van der Waals surface area contributed by atoms with Crippen LogP contribution in [0.2, 0.25) is 0 Å². The third kappa shape index (κ3) is 3.32. The fourth-order valence-electron chi connectivity index (χ4n) is 2.71. The molecule has 0 saturated carbocycles. The number of amides is 1. The van der Waals surface area contributed by atoms with Gasteiger partial charge in [-0.05, 0) is 36.9 Å². The highest BCUT2D eigenvalue weighted by atomic mass is 32.1. The largest absolute Gasteiger partial charge is 0.488 e. The predicted octanol–water partition coefficient (Wildman–Crippen LogP) is 2.36. The number of aromatic nitrogens is 1. The number of carbonyl (C=O) groups is 1. The smallest absolute Gasteiger partial charge is 0.264 e. The van der Waals surface area contributed by atoms with E-state index in [1.807, 2.05) is 36.3 Å². The van der Waals surface area contributed by atoms with Crippen LogP contribution in [0.4, 0.5) is 0 Å². The van der Waals surface area contributed by atoms with Gasteiger partial charge in [0.05, 0.1) is 11.4 Å². The molecule has 1 atom stereocenters. The third-order valence-corrected chi connectivity index (χ3v) is 5.19. The van der Waals surface area contributed by atoms with Crippen LogP contribution in [0.25, 0.3) is 0 Å². The highest BCUT2D eigenvalue weighted by Gasteiger charge is 2.29. The summed E-state index contributed by atoms with van der Waals surface area (Å²) in [5, 5.41) is 1.99. The van der Waals surface area contributed by atoms with Crippen molar-refractivity contribution in [1.82, 2.24) is 9.47 Å². The first kappa shape index (κ1) is 15.8. The second kappa shape index (κ2) is 6.20. The van der Waals surface area contributed by atoms with Gasteiger partial charge in [-0.1, -0.05) is 0 Å². The molecule has 3 rings (SSSR count). The zero-order chi connectivity index (χ0) is 16.6. The summed E-state index contributed by atoms with van der Waals surface area (Å²) in [6.45, 7) is 5.10. The molecule has 3 heterocycles. The number of likely N-dealkylation sites (tertiary alicyclic amines) is 1. The molecular formula is C17H20N2O3S. The van der Waals surface area contributed by atoms with Crippen LogP contribution in [0, 0.1) is 13.8 Å². The van der Waals surface area contributed by atoms with Crippen molar-refractivity contribution in [3.63, 3.8) is 0 Å². The van der Waals surface area contributed by atoms with Crippen LogP contribution in [0.3, 0.4) is 0 Å². The van der Waals surface area contributed by atoms with Crippen molar-refractivity contribution in [2.24, 2.45) is 7.05 Å². The van der Waals surface area contributed by atoms with Crippen LogP contribution in [-0.4, -0.2) is 34.6 Å². The minimum atomic E-state index is -0.0833. The van der Waals surface area contributed by atoms with Gasteiger partial charge in [-0.15, -0.1) is 11.3 Å². The molecule has 0 aliphatic carbocycles. The molecule has 5 nitrogen and oxygen atoms in total. The van der Waals surface area contributed by atoms with E-state index in [1.165, 1.54) is 17.4 Å². The number of thiophene rings is 1. The fourth-order valence-corrected chi connectivity index (χ4v) is 3.57. The lowest BCUT2D eigenvalue weighted by Gasteiger charge is -2.17. The highest BCUT2D eigenvalue weighted by Crippen LogP contribution is 2.22. The lowest BCUT2D eigenvalue weighted by atomic mass is 10.3.